The van der Waals surface area contributed by atoms with Crippen molar-refractivity contribution in [3.05, 3.63) is 53.7 Å². The summed E-state index contributed by atoms with van der Waals surface area (Å²) in [6.45, 7) is 3.86. The van der Waals surface area contributed by atoms with Crippen LogP contribution in [0.2, 0.25) is 0 Å². The van der Waals surface area contributed by atoms with E-state index in [1.165, 1.54) is 25.7 Å². The van der Waals surface area contributed by atoms with Gasteiger partial charge in [-0.3, -0.25) is 4.79 Å². The number of para-hydroxylation sites is 1. The van der Waals surface area contributed by atoms with Crippen molar-refractivity contribution >= 4 is 11.7 Å². The van der Waals surface area contributed by atoms with Crippen molar-refractivity contribution in [2.45, 2.75) is 51.2 Å². The van der Waals surface area contributed by atoms with Gasteiger partial charge in [0.15, 0.2) is 0 Å². The number of nitrogens with one attached hydrogen (secondary N) is 1. The Morgan fingerprint density at radius 3 is 2.67 bits per heavy atom. The average Bonchev–Trinajstić information content (AvgIpc) is 3.17. The molecule has 0 spiro atoms. The summed E-state index contributed by atoms with van der Waals surface area (Å²) in [4.78, 5) is 19.7. The van der Waals surface area contributed by atoms with Crippen molar-refractivity contribution in [3.63, 3.8) is 0 Å². The lowest BCUT2D eigenvalue weighted by Gasteiger charge is -2.21. The van der Waals surface area contributed by atoms with Crippen LogP contribution in [0.4, 0.5) is 5.82 Å². The summed E-state index contributed by atoms with van der Waals surface area (Å²) in [5, 5.41) is 2.99. The molecule has 1 atom stereocenters. The number of rotatable bonds is 7. The lowest BCUT2D eigenvalue weighted by Crippen LogP contribution is -2.26. The van der Waals surface area contributed by atoms with Gasteiger partial charge in [0.25, 0.3) is 5.91 Å². The van der Waals surface area contributed by atoms with Crippen LogP contribution in [0, 0.1) is 0 Å². The van der Waals surface area contributed by atoms with Crippen LogP contribution in [-0.4, -0.2) is 43.3 Å². The van der Waals surface area contributed by atoms with E-state index in [1.807, 2.05) is 30.5 Å². The average molecular weight is 410 g/mol. The molecule has 3 heterocycles. The first-order valence-electron chi connectivity index (χ1n) is 11.1. The number of nitrogens with zero attached hydrogens (tertiary/aromatic N) is 2. The van der Waals surface area contributed by atoms with Crippen LogP contribution in [0.1, 0.15) is 54.4 Å². The van der Waals surface area contributed by atoms with E-state index in [4.69, 9.17) is 9.47 Å². The topological polar surface area (TPSA) is 63.7 Å². The molecule has 160 valence electrons. The Bertz CT molecular complexity index is 811. The van der Waals surface area contributed by atoms with E-state index in [2.05, 4.69) is 21.3 Å². The molecule has 1 aromatic carbocycles. The number of anilines is 1. The molecule has 1 amide bonds. The number of ether oxygens (including phenoxy) is 2. The number of carbonyl (C=O) groups excluding carboxylic acids is 1. The van der Waals surface area contributed by atoms with Gasteiger partial charge in [0.1, 0.15) is 18.2 Å². The highest BCUT2D eigenvalue weighted by molar-refractivity contribution is 5.96. The quantitative estimate of drug-likeness (QED) is 0.750. The summed E-state index contributed by atoms with van der Waals surface area (Å²) in [6.07, 6.45) is 9.13. The zero-order chi connectivity index (χ0) is 20.6. The number of benzene rings is 1. The molecule has 0 unspecified atom stereocenters. The first-order valence-corrected chi connectivity index (χ1v) is 11.1. The zero-order valence-electron chi connectivity index (χ0n) is 17.5. The molecule has 6 nitrogen and oxygen atoms in total. The van der Waals surface area contributed by atoms with Gasteiger partial charge in [-0.1, -0.05) is 31.0 Å². The molecule has 2 aliphatic rings. The Labute approximate surface area is 178 Å². The van der Waals surface area contributed by atoms with Gasteiger partial charge in [-0.15, -0.1) is 0 Å². The fraction of sp³-hybridized carbons (Fsp3) is 0.500. The van der Waals surface area contributed by atoms with Gasteiger partial charge in [0.05, 0.1) is 11.7 Å². The molecule has 1 N–H and O–H groups in total. The number of aromatic nitrogens is 1. The van der Waals surface area contributed by atoms with Crippen molar-refractivity contribution in [3.8, 4) is 5.75 Å². The number of hydrogen-bond acceptors (Lipinski definition) is 5. The van der Waals surface area contributed by atoms with Crippen molar-refractivity contribution < 1.29 is 14.3 Å². The molecule has 0 aliphatic carbocycles. The summed E-state index contributed by atoms with van der Waals surface area (Å²) < 4.78 is 11.5. The number of hydrogen-bond donors (Lipinski definition) is 1. The Morgan fingerprint density at radius 2 is 1.93 bits per heavy atom. The fourth-order valence-corrected chi connectivity index (χ4v) is 4.02. The standard InChI is InChI=1S/C24H31N3O3/c28-24(21-9-3-4-10-22(21)30-18-20-8-7-15-29-20)26-17-19-11-12-23(25-16-19)27-13-5-1-2-6-14-27/h3-4,9-12,16,20H,1-2,5-8,13-15,17-18H2,(H,26,28)/t20-/m0/s1. The fourth-order valence-electron chi connectivity index (χ4n) is 4.02. The molecule has 0 saturated carbocycles. The Balaban J connectivity index is 1.32. The monoisotopic (exact) mass is 409 g/mol. The largest absolute Gasteiger partial charge is 0.490 e. The van der Waals surface area contributed by atoms with Crippen LogP contribution in [0.25, 0.3) is 0 Å². The molecule has 4 rings (SSSR count). The summed E-state index contributed by atoms with van der Waals surface area (Å²) >= 11 is 0. The van der Waals surface area contributed by atoms with E-state index >= 15 is 0 Å². The van der Waals surface area contributed by atoms with Crippen LogP contribution >= 0.6 is 0 Å². The van der Waals surface area contributed by atoms with Gasteiger partial charge in [-0.05, 0) is 49.4 Å². The van der Waals surface area contributed by atoms with Crippen LogP contribution in [0.5, 0.6) is 5.75 Å². The second kappa shape index (κ2) is 10.4. The maximum absolute atomic E-state index is 12.7. The van der Waals surface area contributed by atoms with E-state index in [0.717, 1.165) is 43.9 Å². The number of carbonyl (C=O) groups is 1. The minimum atomic E-state index is -0.144. The predicted octanol–water partition coefficient (Wildman–Crippen LogP) is 3.95. The Kier molecular flexibility index (Phi) is 7.19. The Morgan fingerprint density at radius 1 is 1.10 bits per heavy atom. The van der Waals surface area contributed by atoms with Crippen LogP contribution in [0.15, 0.2) is 42.6 Å². The second-order valence-corrected chi connectivity index (χ2v) is 8.05. The summed E-state index contributed by atoms with van der Waals surface area (Å²) in [5.74, 6) is 1.48. The SMILES string of the molecule is O=C(NCc1ccc(N2CCCCCC2)nc1)c1ccccc1OC[C@@H]1CCCO1. The summed E-state index contributed by atoms with van der Waals surface area (Å²) in [7, 11) is 0. The van der Waals surface area contributed by atoms with E-state index in [1.54, 1.807) is 6.07 Å². The third-order valence-corrected chi connectivity index (χ3v) is 5.77. The third-order valence-electron chi connectivity index (χ3n) is 5.77. The van der Waals surface area contributed by atoms with Crippen LogP contribution < -0.4 is 15.0 Å². The smallest absolute Gasteiger partial charge is 0.255 e. The molecule has 1 aromatic heterocycles. The molecule has 0 bridgehead atoms. The minimum absolute atomic E-state index is 0.120. The van der Waals surface area contributed by atoms with Gasteiger partial charge >= 0.3 is 0 Å². The van der Waals surface area contributed by atoms with Gasteiger partial charge in [-0.2, -0.15) is 0 Å². The van der Waals surface area contributed by atoms with Crippen molar-refractivity contribution in [1.29, 1.82) is 0 Å². The van der Waals surface area contributed by atoms with Crippen molar-refractivity contribution in [2.24, 2.45) is 0 Å². The number of amides is 1. The van der Waals surface area contributed by atoms with E-state index in [-0.39, 0.29) is 12.0 Å². The first-order chi connectivity index (χ1) is 14.8. The maximum atomic E-state index is 12.7. The van der Waals surface area contributed by atoms with Crippen LogP contribution in [0.3, 0.4) is 0 Å². The Hall–Kier alpha value is -2.60. The van der Waals surface area contributed by atoms with Gasteiger partial charge in [-0.25, -0.2) is 4.98 Å². The van der Waals surface area contributed by atoms with E-state index in [9.17, 15) is 4.79 Å². The highest BCUT2D eigenvalue weighted by atomic mass is 16.5. The maximum Gasteiger partial charge on any atom is 0.255 e. The van der Waals surface area contributed by atoms with Gasteiger partial charge < -0.3 is 19.7 Å². The first kappa shape index (κ1) is 20.7. The number of pyridine rings is 1. The zero-order valence-corrected chi connectivity index (χ0v) is 17.5. The highest BCUT2D eigenvalue weighted by Gasteiger charge is 2.18. The molecule has 0 radical (unpaired) electrons. The third kappa shape index (κ3) is 5.51. The molecule has 6 heteroatoms. The molecular weight excluding hydrogens is 378 g/mol. The van der Waals surface area contributed by atoms with Gasteiger partial charge in [0, 0.05) is 32.4 Å². The minimum Gasteiger partial charge on any atom is -0.490 e. The molecule has 2 fully saturated rings. The van der Waals surface area contributed by atoms with E-state index < -0.39 is 0 Å². The summed E-state index contributed by atoms with van der Waals surface area (Å²) in [5.41, 5.74) is 1.53. The molecular formula is C24H31N3O3. The second-order valence-electron chi connectivity index (χ2n) is 8.05. The van der Waals surface area contributed by atoms with Crippen molar-refractivity contribution in [1.82, 2.24) is 10.3 Å². The predicted molar refractivity (Wildman–Crippen MR) is 117 cm³/mol. The molecule has 2 aromatic rings. The normalized spacial score (nSPS) is 19.3. The summed E-state index contributed by atoms with van der Waals surface area (Å²) in [6, 6.07) is 11.5. The lowest BCUT2D eigenvalue weighted by atomic mass is 10.1. The highest BCUT2D eigenvalue weighted by Crippen LogP contribution is 2.21. The van der Waals surface area contributed by atoms with Gasteiger partial charge in [0.2, 0.25) is 0 Å². The van der Waals surface area contributed by atoms with E-state index in [0.29, 0.717) is 24.5 Å². The van der Waals surface area contributed by atoms with Crippen LogP contribution in [-0.2, 0) is 11.3 Å². The molecule has 2 saturated heterocycles. The molecule has 30 heavy (non-hydrogen) atoms. The van der Waals surface area contributed by atoms with Crippen molar-refractivity contribution in [2.75, 3.05) is 31.2 Å². The lowest BCUT2D eigenvalue weighted by molar-refractivity contribution is 0.0670. The molecule has 2 aliphatic heterocycles.